The zero-order valence-electron chi connectivity index (χ0n) is 5.35. The van der Waals surface area contributed by atoms with E-state index in [2.05, 4.69) is 4.99 Å². The van der Waals surface area contributed by atoms with Crippen LogP contribution in [0.5, 0.6) is 0 Å². The summed E-state index contributed by atoms with van der Waals surface area (Å²) in [6.45, 7) is 4.98. The van der Waals surface area contributed by atoms with E-state index >= 15 is 0 Å². The van der Waals surface area contributed by atoms with Gasteiger partial charge in [-0.1, -0.05) is 6.92 Å². The molecule has 48 valence electrons. The van der Waals surface area contributed by atoms with Gasteiger partial charge in [-0.3, -0.25) is 0 Å². The Labute approximate surface area is 49.6 Å². The van der Waals surface area contributed by atoms with Crippen molar-refractivity contribution < 1.29 is 4.79 Å². The summed E-state index contributed by atoms with van der Waals surface area (Å²) in [7, 11) is 0. The molecule has 0 heterocycles. The molecule has 0 aromatic heterocycles. The third-order valence-electron chi connectivity index (χ3n) is 0.223. The van der Waals surface area contributed by atoms with Crippen molar-refractivity contribution in [3.63, 3.8) is 0 Å². The topological polar surface area (TPSA) is 55.4 Å². The molecule has 3 heteroatoms. The third-order valence-corrected chi connectivity index (χ3v) is 0.223. The second-order valence-corrected chi connectivity index (χ2v) is 0.974. The van der Waals surface area contributed by atoms with Crippen molar-refractivity contribution in [1.29, 1.82) is 0 Å². The predicted octanol–water partition coefficient (Wildman–Crippen LogP) is 0.307. The summed E-state index contributed by atoms with van der Waals surface area (Å²) >= 11 is 0. The van der Waals surface area contributed by atoms with Crippen LogP contribution in [-0.4, -0.2) is 19.2 Å². The average molecular weight is 116 g/mol. The van der Waals surface area contributed by atoms with E-state index in [-0.39, 0.29) is 0 Å². The second kappa shape index (κ2) is 16.2. The first-order valence-corrected chi connectivity index (χ1v) is 2.57. The summed E-state index contributed by atoms with van der Waals surface area (Å²) in [6, 6.07) is 0. The summed E-state index contributed by atoms with van der Waals surface area (Å²) in [5, 5.41) is 0. The fourth-order valence-corrected chi connectivity index (χ4v) is 0.0645. The van der Waals surface area contributed by atoms with Gasteiger partial charge >= 0.3 is 0 Å². The van der Waals surface area contributed by atoms with Crippen molar-refractivity contribution in [2.45, 2.75) is 13.8 Å². The number of hydrogen-bond acceptors (Lipinski definition) is 3. The Morgan fingerprint density at radius 1 is 1.62 bits per heavy atom. The van der Waals surface area contributed by atoms with Gasteiger partial charge in [0, 0.05) is 6.54 Å². The minimum atomic E-state index is 0.545. The molecule has 0 aromatic carbocycles. The van der Waals surface area contributed by atoms with Gasteiger partial charge in [0.1, 0.15) is 0 Å². The van der Waals surface area contributed by atoms with Gasteiger partial charge in [-0.2, -0.15) is 0 Å². The monoisotopic (exact) mass is 116 g/mol. The first kappa shape index (κ1) is 10.3. The van der Waals surface area contributed by atoms with Crippen LogP contribution in [0.1, 0.15) is 13.8 Å². The Kier molecular flexibility index (Phi) is 21.0. The molecule has 0 aliphatic heterocycles. The van der Waals surface area contributed by atoms with E-state index in [1.165, 1.54) is 6.08 Å². The van der Waals surface area contributed by atoms with E-state index in [1.54, 1.807) is 6.92 Å². The number of carbonyl (C=O) groups excluding carboxylic acids is 1. The van der Waals surface area contributed by atoms with E-state index in [0.29, 0.717) is 6.54 Å². The largest absolute Gasteiger partial charge is 0.331 e. The van der Waals surface area contributed by atoms with E-state index in [4.69, 9.17) is 10.5 Å². The van der Waals surface area contributed by atoms with Crippen molar-refractivity contribution >= 4 is 6.08 Å². The van der Waals surface area contributed by atoms with Crippen molar-refractivity contribution in [2.75, 3.05) is 13.1 Å². The number of hydrogen-bond donors (Lipinski definition) is 1. The lowest BCUT2D eigenvalue weighted by Gasteiger charge is -1.58. The highest BCUT2D eigenvalue weighted by molar-refractivity contribution is 5.32. The molecule has 0 aliphatic rings. The van der Waals surface area contributed by atoms with Crippen molar-refractivity contribution in [2.24, 2.45) is 10.7 Å². The highest BCUT2D eigenvalue weighted by Crippen LogP contribution is 1.52. The highest BCUT2D eigenvalue weighted by Gasteiger charge is 1.52. The van der Waals surface area contributed by atoms with Crippen molar-refractivity contribution in [1.82, 2.24) is 0 Å². The summed E-state index contributed by atoms with van der Waals surface area (Å²) in [5.74, 6) is 0. The van der Waals surface area contributed by atoms with E-state index in [0.717, 1.165) is 6.54 Å². The maximum Gasteiger partial charge on any atom is 0.234 e. The molecule has 0 radical (unpaired) electrons. The molecule has 0 aliphatic carbocycles. The van der Waals surface area contributed by atoms with Gasteiger partial charge < -0.3 is 5.73 Å². The Bertz CT molecular complexity index is 66.8. The zero-order valence-corrected chi connectivity index (χ0v) is 5.35. The molecule has 0 rings (SSSR count). The van der Waals surface area contributed by atoms with Crippen LogP contribution in [0.25, 0.3) is 0 Å². The van der Waals surface area contributed by atoms with Gasteiger partial charge in [-0.15, -0.1) is 0 Å². The fraction of sp³-hybridized carbons (Fsp3) is 0.800. The number of nitrogens with zero attached hydrogens (tertiary/aromatic N) is 1. The lowest BCUT2D eigenvalue weighted by atomic mass is 10.8. The Morgan fingerprint density at radius 3 is 2.00 bits per heavy atom. The smallest absolute Gasteiger partial charge is 0.234 e. The van der Waals surface area contributed by atoms with Crippen LogP contribution in [-0.2, 0) is 4.79 Å². The van der Waals surface area contributed by atoms with Crippen LogP contribution >= 0.6 is 0 Å². The Hall–Kier alpha value is -0.660. The van der Waals surface area contributed by atoms with Crippen LogP contribution in [0.2, 0.25) is 0 Å². The van der Waals surface area contributed by atoms with E-state index < -0.39 is 0 Å². The van der Waals surface area contributed by atoms with E-state index in [1.807, 2.05) is 6.92 Å². The molecule has 0 saturated heterocycles. The van der Waals surface area contributed by atoms with Gasteiger partial charge in [-0.25, -0.2) is 9.79 Å². The van der Waals surface area contributed by atoms with Gasteiger partial charge in [0.15, 0.2) is 0 Å². The Morgan fingerprint density at radius 2 is 2.00 bits per heavy atom. The van der Waals surface area contributed by atoms with Crippen LogP contribution in [0.15, 0.2) is 4.99 Å². The maximum absolute atomic E-state index is 9.11. The lowest BCUT2D eigenvalue weighted by Crippen LogP contribution is -1.87. The van der Waals surface area contributed by atoms with Crippen LogP contribution in [0.4, 0.5) is 0 Å². The number of rotatable bonds is 1. The molecule has 2 N–H and O–H groups in total. The summed E-state index contributed by atoms with van der Waals surface area (Å²) in [4.78, 5) is 12.3. The Balaban J connectivity index is 0. The van der Waals surface area contributed by atoms with Crippen LogP contribution in [0, 0.1) is 0 Å². The second-order valence-electron chi connectivity index (χ2n) is 0.974. The van der Waals surface area contributed by atoms with Crippen LogP contribution in [0.3, 0.4) is 0 Å². The molecule has 0 amide bonds. The van der Waals surface area contributed by atoms with Crippen LogP contribution < -0.4 is 5.73 Å². The molecule has 0 unspecified atom stereocenters. The zero-order chi connectivity index (χ0) is 6.83. The van der Waals surface area contributed by atoms with Crippen molar-refractivity contribution in [3.8, 4) is 0 Å². The molecule has 3 nitrogen and oxygen atoms in total. The summed E-state index contributed by atoms with van der Waals surface area (Å²) in [6.07, 6.45) is 1.39. The molecule has 0 saturated carbocycles. The SMILES string of the molecule is CCN.CCN=C=O. The van der Waals surface area contributed by atoms with Gasteiger partial charge in [-0.05, 0) is 13.5 Å². The number of aliphatic imine (C=N–C) groups is 1. The molecule has 0 spiro atoms. The highest BCUT2D eigenvalue weighted by atomic mass is 16.1. The minimum absolute atomic E-state index is 0.545. The minimum Gasteiger partial charge on any atom is -0.331 e. The van der Waals surface area contributed by atoms with Gasteiger partial charge in [0.25, 0.3) is 0 Å². The average Bonchev–Trinajstić information content (AvgIpc) is 1.71. The maximum atomic E-state index is 9.11. The quantitative estimate of drug-likeness (QED) is 0.396. The third kappa shape index (κ3) is 56.0. The van der Waals surface area contributed by atoms with Crippen molar-refractivity contribution in [3.05, 3.63) is 0 Å². The number of isocyanates is 1. The summed E-state index contributed by atoms with van der Waals surface area (Å²) in [5.41, 5.74) is 4.85. The normalized spacial score (nSPS) is 5.88. The molecule has 0 fully saturated rings. The molecule has 0 bridgehead atoms. The van der Waals surface area contributed by atoms with E-state index in [9.17, 15) is 0 Å². The molecule has 0 aromatic rings. The number of nitrogens with two attached hydrogens (primary N) is 1. The first-order valence-electron chi connectivity index (χ1n) is 2.57. The summed E-state index contributed by atoms with van der Waals surface area (Å²) < 4.78 is 0. The first-order chi connectivity index (χ1) is 3.83. The molecular formula is C5H12N2O. The standard InChI is InChI=1S/C3H5NO.C2H7N/c1-2-4-3-5;1-2-3/h2H2,1H3;2-3H2,1H3. The van der Waals surface area contributed by atoms with Gasteiger partial charge in [0.2, 0.25) is 6.08 Å². The molecule has 0 atom stereocenters. The molecular weight excluding hydrogens is 104 g/mol. The molecule has 8 heavy (non-hydrogen) atoms. The lowest BCUT2D eigenvalue weighted by molar-refractivity contribution is 0.563. The predicted molar refractivity (Wildman–Crippen MR) is 33.4 cm³/mol. The van der Waals surface area contributed by atoms with Gasteiger partial charge in [0.05, 0.1) is 0 Å². The fourth-order valence-electron chi connectivity index (χ4n) is 0.0645.